The highest BCUT2D eigenvalue weighted by Gasteiger charge is 2.36. The molecule has 0 fully saturated rings. The van der Waals surface area contributed by atoms with Crippen LogP contribution in [0.3, 0.4) is 0 Å². The van der Waals surface area contributed by atoms with Crippen molar-refractivity contribution in [2.45, 2.75) is 29.1 Å². The normalized spacial score (nSPS) is 14.5. The lowest BCUT2D eigenvalue weighted by atomic mass is 9.81. The van der Waals surface area contributed by atoms with E-state index < -0.39 is 0 Å². The monoisotopic (exact) mass is 476 g/mol. The molecule has 0 amide bonds. The maximum Gasteiger partial charge on any atom is 0.0207 e. The molecule has 8 rings (SSSR count). The highest BCUT2D eigenvalue weighted by Crippen LogP contribution is 2.52. The summed E-state index contributed by atoms with van der Waals surface area (Å²) in [6, 6.07) is 40.9. The summed E-state index contributed by atoms with van der Waals surface area (Å²) in [5.74, 6) is 0. The predicted octanol–water partition coefficient (Wildman–Crippen LogP) is 10.1. The summed E-state index contributed by atoms with van der Waals surface area (Å²) in [6.45, 7) is 4.75. The molecule has 0 unspecified atom stereocenters. The van der Waals surface area contributed by atoms with Crippen LogP contribution < -0.4 is 0 Å². The Hall–Kier alpha value is -3.81. The van der Waals surface area contributed by atoms with Crippen LogP contribution in [0.25, 0.3) is 54.9 Å². The van der Waals surface area contributed by atoms with Crippen molar-refractivity contribution in [2.75, 3.05) is 0 Å². The smallest absolute Gasteiger partial charge is 0.0207 e. The van der Waals surface area contributed by atoms with Gasteiger partial charge in [-0.25, -0.2) is 0 Å². The van der Waals surface area contributed by atoms with E-state index in [4.69, 9.17) is 0 Å². The highest BCUT2D eigenvalue weighted by atomic mass is 32.2. The molecule has 1 aliphatic heterocycles. The third-order valence-electron chi connectivity index (χ3n) is 8.21. The third-order valence-corrected chi connectivity index (χ3v) is 9.35. The van der Waals surface area contributed by atoms with Gasteiger partial charge in [-0.1, -0.05) is 92.3 Å². The Morgan fingerprint density at radius 3 is 2.08 bits per heavy atom. The first-order valence-electron chi connectivity index (χ1n) is 12.6. The van der Waals surface area contributed by atoms with Gasteiger partial charge in [0.05, 0.1) is 0 Å². The van der Waals surface area contributed by atoms with Gasteiger partial charge in [0.2, 0.25) is 0 Å². The SMILES string of the molecule is CC1(C)c2cc(-c3cc4c5c(cccc5c3)Sc3ccccc3-4)ccc2-c2cc3ccccc3cc21. The summed E-state index contributed by atoms with van der Waals surface area (Å²) in [4.78, 5) is 2.69. The molecule has 0 saturated heterocycles. The number of hydrogen-bond acceptors (Lipinski definition) is 1. The molecule has 0 bridgehead atoms. The van der Waals surface area contributed by atoms with Gasteiger partial charge in [0.15, 0.2) is 0 Å². The van der Waals surface area contributed by atoms with E-state index in [0.717, 1.165) is 0 Å². The van der Waals surface area contributed by atoms with E-state index in [1.165, 1.54) is 75.8 Å². The van der Waals surface area contributed by atoms with Gasteiger partial charge in [0.1, 0.15) is 0 Å². The third kappa shape index (κ3) is 2.72. The summed E-state index contributed by atoms with van der Waals surface area (Å²) in [5.41, 5.74) is 10.8. The zero-order valence-electron chi connectivity index (χ0n) is 20.3. The van der Waals surface area contributed by atoms with Gasteiger partial charge >= 0.3 is 0 Å². The Balaban J connectivity index is 1.35. The number of fused-ring (bicyclic) bond motifs is 6. The summed E-state index contributed by atoms with van der Waals surface area (Å²) in [5, 5.41) is 5.32. The van der Waals surface area contributed by atoms with Crippen molar-refractivity contribution < 1.29 is 0 Å². The molecule has 6 aromatic carbocycles. The molecule has 1 heterocycles. The van der Waals surface area contributed by atoms with E-state index in [-0.39, 0.29) is 5.41 Å². The van der Waals surface area contributed by atoms with E-state index in [1.54, 1.807) is 0 Å². The Labute approximate surface area is 215 Å². The fourth-order valence-corrected chi connectivity index (χ4v) is 7.50. The Morgan fingerprint density at radius 1 is 0.472 bits per heavy atom. The van der Waals surface area contributed by atoms with Crippen LogP contribution in [0.5, 0.6) is 0 Å². The van der Waals surface area contributed by atoms with Gasteiger partial charge in [-0.05, 0) is 103 Å². The molecule has 170 valence electrons. The molecule has 0 spiro atoms. The van der Waals surface area contributed by atoms with Gasteiger partial charge < -0.3 is 0 Å². The van der Waals surface area contributed by atoms with Gasteiger partial charge in [0.25, 0.3) is 0 Å². The minimum absolute atomic E-state index is 0.0355. The Morgan fingerprint density at radius 2 is 1.19 bits per heavy atom. The molecule has 0 saturated carbocycles. The fraction of sp³-hybridized carbons (Fsp3) is 0.0857. The van der Waals surface area contributed by atoms with Crippen molar-refractivity contribution in [1.82, 2.24) is 0 Å². The summed E-state index contributed by atoms with van der Waals surface area (Å²) in [6.07, 6.45) is 0. The van der Waals surface area contributed by atoms with Crippen LogP contribution in [0, 0.1) is 0 Å². The van der Waals surface area contributed by atoms with Crippen LogP contribution in [0.2, 0.25) is 0 Å². The molecule has 6 aromatic rings. The van der Waals surface area contributed by atoms with Crippen LogP contribution in [0.15, 0.2) is 119 Å². The first-order chi connectivity index (χ1) is 17.6. The lowest BCUT2D eigenvalue weighted by molar-refractivity contribution is 0.661. The molecule has 36 heavy (non-hydrogen) atoms. The quantitative estimate of drug-likeness (QED) is 0.227. The summed E-state index contributed by atoms with van der Waals surface area (Å²) >= 11 is 1.89. The van der Waals surface area contributed by atoms with Crippen molar-refractivity contribution in [3.8, 4) is 33.4 Å². The Kier molecular flexibility index (Phi) is 4.03. The highest BCUT2D eigenvalue weighted by molar-refractivity contribution is 7.99. The molecule has 0 atom stereocenters. The molecule has 1 heteroatoms. The second-order valence-electron chi connectivity index (χ2n) is 10.6. The second-order valence-corrected chi connectivity index (χ2v) is 11.7. The van der Waals surface area contributed by atoms with Crippen LogP contribution in [-0.4, -0.2) is 0 Å². The molecular formula is C35H24S. The average Bonchev–Trinajstić information content (AvgIpc) is 3.13. The van der Waals surface area contributed by atoms with Crippen LogP contribution in [0.4, 0.5) is 0 Å². The number of benzene rings is 6. The fourth-order valence-electron chi connectivity index (χ4n) is 6.36. The molecule has 0 radical (unpaired) electrons. The average molecular weight is 477 g/mol. The second kappa shape index (κ2) is 7.12. The zero-order chi connectivity index (χ0) is 24.0. The molecular weight excluding hydrogens is 452 g/mol. The van der Waals surface area contributed by atoms with E-state index in [0.29, 0.717) is 0 Å². The minimum Gasteiger partial charge on any atom is -0.0888 e. The van der Waals surface area contributed by atoms with Gasteiger partial charge in [0, 0.05) is 20.6 Å². The largest absolute Gasteiger partial charge is 0.0888 e. The lowest BCUT2D eigenvalue weighted by Gasteiger charge is -2.23. The van der Waals surface area contributed by atoms with Gasteiger partial charge in [-0.15, -0.1) is 0 Å². The first-order valence-corrected chi connectivity index (χ1v) is 13.4. The van der Waals surface area contributed by atoms with Crippen LogP contribution in [0.1, 0.15) is 25.0 Å². The van der Waals surface area contributed by atoms with Gasteiger partial charge in [-0.2, -0.15) is 0 Å². The van der Waals surface area contributed by atoms with Gasteiger partial charge in [-0.3, -0.25) is 0 Å². The van der Waals surface area contributed by atoms with Crippen LogP contribution >= 0.6 is 11.8 Å². The van der Waals surface area contributed by atoms with E-state index in [2.05, 4.69) is 123 Å². The van der Waals surface area contributed by atoms with Crippen molar-refractivity contribution >= 4 is 33.3 Å². The zero-order valence-corrected chi connectivity index (χ0v) is 21.1. The number of rotatable bonds is 1. The Bertz CT molecular complexity index is 1890. The number of hydrogen-bond donors (Lipinski definition) is 0. The lowest BCUT2D eigenvalue weighted by Crippen LogP contribution is -2.15. The summed E-state index contributed by atoms with van der Waals surface area (Å²) in [7, 11) is 0. The first kappa shape index (κ1) is 20.4. The van der Waals surface area contributed by atoms with Crippen molar-refractivity contribution in [3.05, 3.63) is 120 Å². The maximum absolute atomic E-state index is 2.45. The molecule has 0 nitrogen and oxygen atoms in total. The standard InChI is InChI=1S/C35H24S/c1-35(2)30-20-23(14-15-26(30)28-17-21-8-3-4-9-22(21)19-31(28)35)25-16-24-10-7-13-33-34(24)29(18-25)27-11-5-6-12-32(27)36-33/h3-20H,1-2H3. The van der Waals surface area contributed by atoms with E-state index in [9.17, 15) is 0 Å². The molecule has 0 N–H and O–H groups in total. The van der Waals surface area contributed by atoms with E-state index >= 15 is 0 Å². The molecule has 2 aliphatic rings. The van der Waals surface area contributed by atoms with Crippen molar-refractivity contribution in [1.29, 1.82) is 0 Å². The predicted molar refractivity (Wildman–Crippen MR) is 154 cm³/mol. The van der Waals surface area contributed by atoms with Crippen molar-refractivity contribution in [3.63, 3.8) is 0 Å². The summed E-state index contributed by atoms with van der Waals surface area (Å²) < 4.78 is 0. The van der Waals surface area contributed by atoms with E-state index in [1.807, 2.05) is 11.8 Å². The van der Waals surface area contributed by atoms with Crippen LogP contribution in [-0.2, 0) is 5.41 Å². The maximum atomic E-state index is 2.45. The van der Waals surface area contributed by atoms with Crippen molar-refractivity contribution in [2.24, 2.45) is 0 Å². The molecule has 0 aromatic heterocycles. The minimum atomic E-state index is -0.0355. The topological polar surface area (TPSA) is 0 Å². The molecule has 1 aliphatic carbocycles.